The van der Waals surface area contributed by atoms with E-state index in [2.05, 4.69) is 98.8 Å². The zero-order chi connectivity index (χ0) is 29.5. The first-order chi connectivity index (χ1) is 20.2. The Bertz CT molecular complexity index is 1750. The van der Waals surface area contributed by atoms with Crippen molar-refractivity contribution in [2.24, 2.45) is 0 Å². The summed E-state index contributed by atoms with van der Waals surface area (Å²) in [5, 5.41) is 4.29. The lowest BCUT2D eigenvalue weighted by atomic mass is 9.96. The molecule has 1 fully saturated rings. The Morgan fingerprint density at radius 2 is 1.48 bits per heavy atom. The van der Waals surface area contributed by atoms with Crippen molar-refractivity contribution in [3.63, 3.8) is 0 Å². The van der Waals surface area contributed by atoms with Crippen LogP contribution in [0.25, 0.3) is 5.69 Å². The van der Waals surface area contributed by atoms with Crippen LogP contribution >= 0.6 is 12.2 Å². The minimum atomic E-state index is -0.115. The molecule has 1 saturated heterocycles. The molecule has 1 N–H and O–H groups in total. The zero-order valence-corrected chi connectivity index (χ0v) is 25.8. The summed E-state index contributed by atoms with van der Waals surface area (Å²) < 4.78 is 8.59. The molecule has 0 radical (unpaired) electrons. The third-order valence-electron chi connectivity index (χ3n) is 8.18. The molecule has 3 heterocycles. The van der Waals surface area contributed by atoms with Crippen LogP contribution in [0.15, 0.2) is 91.1 Å². The average Bonchev–Trinajstić information content (AvgIpc) is 3.45. The van der Waals surface area contributed by atoms with Gasteiger partial charge in [0.2, 0.25) is 0 Å². The number of pyridine rings is 1. The molecule has 0 bridgehead atoms. The normalized spacial score (nSPS) is 16.5. The van der Waals surface area contributed by atoms with E-state index in [1.807, 2.05) is 48.7 Å². The second-order valence-corrected chi connectivity index (χ2v) is 11.7. The summed E-state index contributed by atoms with van der Waals surface area (Å²) in [4.78, 5) is 6.98. The van der Waals surface area contributed by atoms with Gasteiger partial charge in [-0.1, -0.05) is 42.0 Å². The van der Waals surface area contributed by atoms with E-state index in [0.717, 1.165) is 28.4 Å². The van der Waals surface area contributed by atoms with Crippen molar-refractivity contribution < 1.29 is 4.74 Å². The highest BCUT2D eigenvalue weighted by Gasteiger charge is 2.42. The van der Waals surface area contributed by atoms with Crippen molar-refractivity contribution in [2.75, 3.05) is 4.90 Å². The lowest BCUT2D eigenvalue weighted by Crippen LogP contribution is -2.29. The van der Waals surface area contributed by atoms with E-state index in [1.165, 1.54) is 39.3 Å². The number of benzene rings is 3. The molecule has 0 spiro atoms. The van der Waals surface area contributed by atoms with Crippen LogP contribution < -0.4 is 15.0 Å². The number of hydrogen-bond acceptors (Lipinski definition) is 3. The number of thiocarbonyl (C=S) groups is 1. The molecule has 3 aromatic carbocycles. The molecule has 5 aromatic rings. The summed E-state index contributed by atoms with van der Waals surface area (Å²) in [6.07, 6.45) is 1.85. The van der Waals surface area contributed by atoms with Crippen molar-refractivity contribution in [2.45, 2.75) is 53.6 Å². The molecule has 6 heteroatoms. The fraction of sp³-hybridized carbons (Fsp3) is 0.222. The molecule has 2 atom stereocenters. The molecule has 42 heavy (non-hydrogen) atoms. The predicted molar refractivity (Wildman–Crippen MR) is 175 cm³/mol. The lowest BCUT2D eigenvalue weighted by Gasteiger charge is -2.28. The number of para-hydroxylation sites is 1. The highest BCUT2D eigenvalue weighted by molar-refractivity contribution is 7.80. The number of rotatable bonds is 6. The van der Waals surface area contributed by atoms with E-state index >= 15 is 0 Å². The minimum absolute atomic E-state index is 0.0958. The molecule has 5 nitrogen and oxygen atoms in total. The first-order valence-electron chi connectivity index (χ1n) is 14.3. The van der Waals surface area contributed by atoms with Gasteiger partial charge in [0.05, 0.1) is 23.5 Å². The SMILES string of the molecule is Cc1cc(C)c(-n2c(C)cc([C@H]3[C@H](c4ccccn4)NC(=S)N3c3ccc(Oc4ccccc4C)cc3)c2C)c(C)c1. The third-order valence-corrected chi connectivity index (χ3v) is 8.50. The number of ether oxygens (including phenoxy) is 1. The van der Waals surface area contributed by atoms with Gasteiger partial charge in [-0.2, -0.15) is 0 Å². The lowest BCUT2D eigenvalue weighted by molar-refractivity contribution is 0.479. The van der Waals surface area contributed by atoms with Gasteiger partial charge in [-0.05, 0) is 125 Å². The van der Waals surface area contributed by atoms with Crippen LogP contribution in [-0.2, 0) is 0 Å². The standard InChI is InChI=1S/C36H36N4OS/c1-22-19-24(3)34(25(4)20-22)39-26(5)21-30(27(39)6)35-33(31-12-9-10-18-37-31)38-36(42)40(35)28-14-16-29(17-15-28)41-32-13-8-7-11-23(32)2/h7-21,33,35H,1-6H3,(H,38,42)/t33-,35-/m0/s1. The van der Waals surface area contributed by atoms with Gasteiger partial charge in [0, 0.05) is 23.3 Å². The Kier molecular flexibility index (Phi) is 7.33. The Morgan fingerprint density at radius 1 is 0.786 bits per heavy atom. The summed E-state index contributed by atoms with van der Waals surface area (Å²) in [7, 11) is 0. The van der Waals surface area contributed by atoms with Crippen LogP contribution in [0.1, 0.15) is 57.0 Å². The fourth-order valence-corrected chi connectivity index (χ4v) is 6.72. The van der Waals surface area contributed by atoms with E-state index in [1.54, 1.807) is 0 Å². The number of aryl methyl sites for hydroxylation is 5. The largest absolute Gasteiger partial charge is 0.457 e. The summed E-state index contributed by atoms with van der Waals surface area (Å²) in [6, 6.07) is 28.9. The highest BCUT2D eigenvalue weighted by Crippen LogP contribution is 2.44. The van der Waals surface area contributed by atoms with Gasteiger partial charge in [0.25, 0.3) is 0 Å². The summed E-state index contributed by atoms with van der Waals surface area (Å²) in [6.45, 7) is 13.0. The maximum atomic E-state index is 6.19. The fourth-order valence-electron chi connectivity index (χ4n) is 6.38. The number of hydrogen-bond donors (Lipinski definition) is 1. The van der Waals surface area contributed by atoms with Crippen molar-refractivity contribution in [3.8, 4) is 17.2 Å². The summed E-state index contributed by atoms with van der Waals surface area (Å²) in [5.74, 6) is 1.64. The maximum absolute atomic E-state index is 6.19. The molecule has 212 valence electrons. The molecule has 0 unspecified atom stereocenters. The number of aromatic nitrogens is 2. The monoisotopic (exact) mass is 572 g/mol. The molecule has 0 amide bonds. The second-order valence-electron chi connectivity index (χ2n) is 11.3. The molecule has 0 aliphatic carbocycles. The van der Waals surface area contributed by atoms with Gasteiger partial charge in [0.1, 0.15) is 11.5 Å². The van der Waals surface area contributed by atoms with Gasteiger partial charge < -0.3 is 19.5 Å². The summed E-state index contributed by atoms with van der Waals surface area (Å²) >= 11 is 6.01. The Morgan fingerprint density at radius 3 is 2.14 bits per heavy atom. The minimum Gasteiger partial charge on any atom is -0.457 e. The zero-order valence-electron chi connectivity index (χ0n) is 25.0. The molecular weight excluding hydrogens is 536 g/mol. The van der Waals surface area contributed by atoms with Gasteiger partial charge in [0.15, 0.2) is 5.11 Å². The van der Waals surface area contributed by atoms with Crippen LogP contribution in [0.5, 0.6) is 11.5 Å². The number of anilines is 1. The van der Waals surface area contributed by atoms with Crippen LogP contribution in [0, 0.1) is 41.5 Å². The van der Waals surface area contributed by atoms with Crippen LogP contribution in [0.4, 0.5) is 5.69 Å². The molecule has 6 rings (SSSR count). The van der Waals surface area contributed by atoms with Crippen molar-refractivity contribution >= 4 is 23.0 Å². The Balaban J connectivity index is 1.44. The van der Waals surface area contributed by atoms with E-state index in [4.69, 9.17) is 21.9 Å². The predicted octanol–water partition coefficient (Wildman–Crippen LogP) is 8.69. The van der Waals surface area contributed by atoms with Crippen molar-refractivity contribution in [1.29, 1.82) is 0 Å². The Hall–Kier alpha value is -4.42. The van der Waals surface area contributed by atoms with E-state index in [0.29, 0.717) is 5.11 Å². The molecule has 2 aromatic heterocycles. The quantitative estimate of drug-likeness (QED) is 0.206. The van der Waals surface area contributed by atoms with Crippen molar-refractivity contribution in [3.05, 3.63) is 136 Å². The molecular formula is C36H36N4OS. The van der Waals surface area contributed by atoms with Crippen LogP contribution in [0.2, 0.25) is 0 Å². The van der Waals surface area contributed by atoms with Gasteiger partial charge >= 0.3 is 0 Å². The van der Waals surface area contributed by atoms with E-state index in [-0.39, 0.29) is 12.1 Å². The number of nitrogens with one attached hydrogen (secondary N) is 1. The van der Waals surface area contributed by atoms with Gasteiger partial charge in [-0.25, -0.2) is 0 Å². The Labute approximate surface area is 253 Å². The van der Waals surface area contributed by atoms with Gasteiger partial charge in [-0.3, -0.25) is 4.98 Å². The maximum Gasteiger partial charge on any atom is 0.174 e. The summed E-state index contributed by atoms with van der Waals surface area (Å²) in [5.41, 5.74) is 11.7. The number of nitrogens with zero attached hydrogens (tertiary/aromatic N) is 3. The van der Waals surface area contributed by atoms with Crippen LogP contribution in [-0.4, -0.2) is 14.7 Å². The average molecular weight is 573 g/mol. The third kappa shape index (κ3) is 4.96. The first kappa shape index (κ1) is 27.7. The van der Waals surface area contributed by atoms with E-state index in [9.17, 15) is 0 Å². The highest BCUT2D eigenvalue weighted by atomic mass is 32.1. The van der Waals surface area contributed by atoms with E-state index < -0.39 is 0 Å². The molecule has 1 aliphatic rings. The smallest absolute Gasteiger partial charge is 0.174 e. The second kappa shape index (κ2) is 11.1. The topological polar surface area (TPSA) is 42.3 Å². The molecule has 0 saturated carbocycles. The van der Waals surface area contributed by atoms with Crippen molar-refractivity contribution in [1.82, 2.24) is 14.9 Å². The van der Waals surface area contributed by atoms with Gasteiger partial charge in [-0.15, -0.1) is 0 Å². The molecule has 1 aliphatic heterocycles. The first-order valence-corrected chi connectivity index (χ1v) is 14.7. The van der Waals surface area contributed by atoms with Crippen LogP contribution in [0.3, 0.4) is 0 Å².